The van der Waals surface area contributed by atoms with Gasteiger partial charge in [-0.15, -0.1) is 0 Å². The highest BCUT2D eigenvalue weighted by atomic mass is 32.2. The summed E-state index contributed by atoms with van der Waals surface area (Å²) in [5.74, 6) is 0.262. The highest BCUT2D eigenvalue weighted by Gasteiger charge is 2.34. The number of rotatable bonds is 6. The van der Waals surface area contributed by atoms with Crippen LogP contribution in [0.15, 0.2) is 57.9 Å². The molecular weight excluding hydrogens is 440 g/mol. The van der Waals surface area contributed by atoms with E-state index in [0.29, 0.717) is 31.1 Å². The van der Waals surface area contributed by atoms with E-state index in [4.69, 9.17) is 4.52 Å². The molecule has 8 nitrogen and oxygen atoms in total. The standard InChI is InChI=1S/C24H28N4O4S/c1-17-6-10-19(11-7-17)23-25-22(32-26-23)16-27(3)24(29)20-5-4-14-28(15-20)33(30,31)21-12-8-18(2)9-13-21/h6-13,20H,4-5,14-16H2,1-3H3/t20-/m0/s1. The lowest BCUT2D eigenvalue weighted by atomic mass is 9.98. The monoisotopic (exact) mass is 468 g/mol. The van der Waals surface area contributed by atoms with E-state index in [1.165, 1.54) is 9.21 Å². The molecule has 0 saturated carbocycles. The van der Waals surface area contributed by atoms with Gasteiger partial charge >= 0.3 is 0 Å². The molecule has 1 aliphatic heterocycles. The Morgan fingerprint density at radius 3 is 2.39 bits per heavy atom. The first kappa shape index (κ1) is 23.1. The maximum atomic E-state index is 13.1. The minimum absolute atomic E-state index is 0.131. The molecule has 1 saturated heterocycles. The number of aromatic nitrogens is 2. The molecule has 0 radical (unpaired) electrons. The van der Waals surface area contributed by atoms with Crippen molar-refractivity contribution in [1.29, 1.82) is 0 Å². The molecule has 1 fully saturated rings. The van der Waals surface area contributed by atoms with Gasteiger partial charge in [-0.2, -0.15) is 9.29 Å². The van der Waals surface area contributed by atoms with Crippen LogP contribution in [-0.4, -0.2) is 53.8 Å². The molecule has 1 aromatic heterocycles. The van der Waals surface area contributed by atoms with Crippen molar-refractivity contribution in [2.45, 2.75) is 38.1 Å². The highest BCUT2D eigenvalue weighted by Crippen LogP contribution is 2.25. The minimum atomic E-state index is -3.64. The summed E-state index contributed by atoms with van der Waals surface area (Å²) >= 11 is 0. The van der Waals surface area contributed by atoms with Crippen molar-refractivity contribution < 1.29 is 17.7 Å². The van der Waals surface area contributed by atoms with E-state index in [9.17, 15) is 13.2 Å². The van der Waals surface area contributed by atoms with Gasteiger partial charge in [-0.25, -0.2) is 8.42 Å². The second-order valence-electron chi connectivity index (χ2n) is 8.59. The molecule has 1 amide bonds. The second-order valence-corrected chi connectivity index (χ2v) is 10.5. The van der Waals surface area contributed by atoms with Crippen molar-refractivity contribution in [1.82, 2.24) is 19.3 Å². The van der Waals surface area contributed by atoms with E-state index < -0.39 is 15.9 Å². The third-order valence-electron chi connectivity index (χ3n) is 5.92. The molecule has 0 aliphatic carbocycles. The Hall–Kier alpha value is -3.04. The zero-order valence-electron chi connectivity index (χ0n) is 19.1. The summed E-state index contributed by atoms with van der Waals surface area (Å²) in [6.07, 6.45) is 1.27. The van der Waals surface area contributed by atoms with E-state index in [1.54, 1.807) is 31.3 Å². The fourth-order valence-electron chi connectivity index (χ4n) is 3.95. The average molecular weight is 469 g/mol. The summed E-state index contributed by atoms with van der Waals surface area (Å²) in [5.41, 5.74) is 2.97. The van der Waals surface area contributed by atoms with Gasteiger partial charge < -0.3 is 9.42 Å². The van der Waals surface area contributed by atoms with Crippen molar-refractivity contribution >= 4 is 15.9 Å². The first-order valence-corrected chi connectivity index (χ1v) is 12.4. The Balaban J connectivity index is 1.41. The number of carbonyl (C=O) groups excluding carboxylic acids is 1. The van der Waals surface area contributed by atoms with Crippen LogP contribution in [0.25, 0.3) is 11.4 Å². The van der Waals surface area contributed by atoms with Crippen LogP contribution in [0, 0.1) is 19.8 Å². The Morgan fingerprint density at radius 1 is 1.09 bits per heavy atom. The Kier molecular flexibility index (Phi) is 6.62. The topological polar surface area (TPSA) is 96.6 Å². The largest absolute Gasteiger partial charge is 0.337 e. The first-order chi connectivity index (χ1) is 15.7. The number of hydrogen-bond donors (Lipinski definition) is 0. The minimum Gasteiger partial charge on any atom is -0.337 e. The smallest absolute Gasteiger partial charge is 0.246 e. The normalized spacial score (nSPS) is 17.1. The number of carbonyl (C=O) groups is 1. The molecule has 4 rings (SSSR count). The van der Waals surface area contributed by atoms with Crippen molar-refractivity contribution in [3.63, 3.8) is 0 Å². The van der Waals surface area contributed by atoms with Gasteiger partial charge in [-0.3, -0.25) is 4.79 Å². The number of piperidine rings is 1. The molecule has 33 heavy (non-hydrogen) atoms. The van der Waals surface area contributed by atoms with Crippen LogP contribution >= 0.6 is 0 Å². The van der Waals surface area contributed by atoms with Crippen LogP contribution in [0.3, 0.4) is 0 Å². The lowest BCUT2D eigenvalue weighted by Crippen LogP contribution is -2.45. The number of benzene rings is 2. The van der Waals surface area contributed by atoms with Crippen LogP contribution in [0.2, 0.25) is 0 Å². The van der Waals surface area contributed by atoms with Crippen LogP contribution in [0.5, 0.6) is 0 Å². The van der Waals surface area contributed by atoms with Crippen molar-refractivity contribution in [3.05, 3.63) is 65.5 Å². The third-order valence-corrected chi connectivity index (χ3v) is 7.80. The SMILES string of the molecule is Cc1ccc(-c2noc(CN(C)C(=O)[C@H]3CCCN(S(=O)(=O)c4ccc(C)cc4)C3)n2)cc1. The van der Waals surface area contributed by atoms with Gasteiger partial charge in [0.2, 0.25) is 27.6 Å². The predicted molar refractivity (Wildman–Crippen MR) is 124 cm³/mol. The first-order valence-electron chi connectivity index (χ1n) is 11.0. The quantitative estimate of drug-likeness (QED) is 0.550. The van der Waals surface area contributed by atoms with E-state index in [0.717, 1.165) is 16.7 Å². The van der Waals surface area contributed by atoms with E-state index in [2.05, 4.69) is 10.1 Å². The summed E-state index contributed by atoms with van der Waals surface area (Å²) in [6.45, 7) is 4.66. The number of hydrogen-bond acceptors (Lipinski definition) is 6. The fourth-order valence-corrected chi connectivity index (χ4v) is 5.48. The van der Waals surface area contributed by atoms with Crippen LogP contribution < -0.4 is 0 Å². The molecule has 1 aliphatic rings. The summed E-state index contributed by atoms with van der Waals surface area (Å²) in [5, 5.41) is 4.01. The van der Waals surface area contributed by atoms with Gasteiger partial charge in [0, 0.05) is 25.7 Å². The molecule has 1 atom stereocenters. The fraction of sp³-hybridized carbons (Fsp3) is 0.375. The summed E-state index contributed by atoms with van der Waals surface area (Å²) < 4.78 is 32.9. The van der Waals surface area contributed by atoms with E-state index >= 15 is 0 Å². The molecule has 0 spiro atoms. The predicted octanol–water partition coefficient (Wildman–Crippen LogP) is 3.41. The number of sulfonamides is 1. The Labute approximate surface area is 194 Å². The second kappa shape index (κ2) is 9.44. The highest BCUT2D eigenvalue weighted by molar-refractivity contribution is 7.89. The molecule has 174 valence electrons. The lowest BCUT2D eigenvalue weighted by Gasteiger charge is -2.33. The maximum absolute atomic E-state index is 13.1. The zero-order chi connectivity index (χ0) is 23.6. The summed E-state index contributed by atoms with van der Waals surface area (Å²) in [6, 6.07) is 14.6. The zero-order valence-corrected chi connectivity index (χ0v) is 19.9. The average Bonchev–Trinajstić information content (AvgIpc) is 3.27. The molecule has 2 heterocycles. The molecule has 2 aromatic carbocycles. The van der Waals surface area contributed by atoms with Gasteiger partial charge in [-0.05, 0) is 38.8 Å². The number of aryl methyl sites for hydroxylation is 2. The van der Waals surface area contributed by atoms with Gasteiger partial charge in [0.15, 0.2) is 0 Å². The van der Waals surface area contributed by atoms with Gasteiger partial charge in [0.25, 0.3) is 0 Å². The van der Waals surface area contributed by atoms with Crippen molar-refractivity contribution in [3.8, 4) is 11.4 Å². The summed E-state index contributed by atoms with van der Waals surface area (Å²) in [4.78, 5) is 19.3. The van der Waals surface area contributed by atoms with Gasteiger partial charge in [0.05, 0.1) is 17.4 Å². The van der Waals surface area contributed by atoms with Gasteiger partial charge in [0.1, 0.15) is 0 Å². The van der Waals surface area contributed by atoms with E-state index in [-0.39, 0.29) is 23.9 Å². The number of nitrogens with zero attached hydrogens (tertiary/aromatic N) is 4. The Bertz CT molecular complexity index is 1220. The molecule has 3 aromatic rings. The van der Waals surface area contributed by atoms with Gasteiger partial charge in [-0.1, -0.05) is 52.7 Å². The number of amides is 1. The molecular formula is C24H28N4O4S. The van der Waals surface area contributed by atoms with Crippen LogP contribution in [-0.2, 0) is 21.4 Å². The van der Waals surface area contributed by atoms with Crippen LogP contribution in [0.1, 0.15) is 29.9 Å². The lowest BCUT2D eigenvalue weighted by molar-refractivity contribution is -0.136. The van der Waals surface area contributed by atoms with Crippen molar-refractivity contribution in [2.75, 3.05) is 20.1 Å². The maximum Gasteiger partial charge on any atom is 0.246 e. The Morgan fingerprint density at radius 2 is 1.73 bits per heavy atom. The molecule has 0 unspecified atom stereocenters. The molecule has 0 bridgehead atoms. The third kappa shape index (κ3) is 5.15. The van der Waals surface area contributed by atoms with E-state index in [1.807, 2.05) is 38.1 Å². The van der Waals surface area contributed by atoms with Crippen molar-refractivity contribution in [2.24, 2.45) is 5.92 Å². The van der Waals surface area contributed by atoms with Crippen LogP contribution in [0.4, 0.5) is 0 Å². The molecule has 9 heteroatoms. The molecule has 0 N–H and O–H groups in total. The summed E-state index contributed by atoms with van der Waals surface area (Å²) in [7, 11) is -1.97.